The van der Waals surface area contributed by atoms with Gasteiger partial charge in [0.1, 0.15) is 17.4 Å². The number of carbonyl (C=O) groups excluding carboxylic acids is 3. The minimum atomic E-state index is -0.684. The molecule has 2 atom stereocenters. The van der Waals surface area contributed by atoms with Gasteiger partial charge in [-0.2, -0.15) is 0 Å². The van der Waals surface area contributed by atoms with Gasteiger partial charge in [-0.25, -0.2) is 0 Å². The molecule has 0 spiro atoms. The van der Waals surface area contributed by atoms with Crippen LogP contribution >= 0.6 is 11.6 Å². The molecule has 1 fully saturated rings. The van der Waals surface area contributed by atoms with Crippen LogP contribution < -0.4 is 5.32 Å². The van der Waals surface area contributed by atoms with Crippen molar-refractivity contribution < 1.29 is 14.4 Å². The van der Waals surface area contributed by atoms with Crippen LogP contribution in [-0.4, -0.2) is 29.0 Å². The number of pyridine rings is 1. The lowest BCUT2D eigenvalue weighted by Crippen LogP contribution is -2.28. The second kappa shape index (κ2) is 8.23. The van der Waals surface area contributed by atoms with Gasteiger partial charge in [0.2, 0.25) is 0 Å². The summed E-state index contributed by atoms with van der Waals surface area (Å²) in [5.74, 6) is -1.48. The average molecular weight is 399 g/mol. The normalized spacial score (nSPS) is 19.1. The van der Waals surface area contributed by atoms with E-state index < -0.39 is 5.92 Å². The third-order valence-electron chi connectivity index (χ3n) is 5.22. The average Bonchev–Trinajstić information content (AvgIpc) is 2.89. The number of nitrogens with zero attached hydrogens (tertiary/aromatic N) is 1. The summed E-state index contributed by atoms with van der Waals surface area (Å²) in [4.78, 5) is 41.7. The van der Waals surface area contributed by atoms with Crippen molar-refractivity contribution in [2.45, 2.75) is 39.5 Å². The molecule has 5 nitrogen and oxygen atoms in total. The number of aromatic nitrogens is 1. The van der Waals surface area contributed by atoms with Crippen molar-refractivity contribution in [2.24, 2.45) is 5.92 Å². The lowest BCUT2D eigenvalue weighted by molar-refractivity contribution is -0.124. The summed E-state index contributed by atoms with van der Waals surface area (Å²) in [5, 5.41) is 3.18. The molecule has 2 aromatic rings. The molecule has 1 heterocycles. The lowest BCUT2D eigenvalue weighted by Gasteiger charge is -2.16. The summed E-state index contributed by atoms with van der Waals surface area (Å²) in [5.41, 5.74) is 4.14. The molecule has 1 unspecified atom stereocenters. The number of rotatable bonds is 5. The summed E-state index contributed by atoms with van der Waals surface area (Å²) in [6, 6.07) is 7.10. The second-order valence-corrected chi connectivity index (χ2v) is 7.86. The molecule has 3 rings (SSSR count). The zero-order valence-electron chi connectivity index (χ0n) is 16.2. The topological polar surface area (TPSA) is 76.1 Å². The van der Waals surface area contributed by atoms with Crippen molar-refractivity contribution in [1.29, 1.82) is 0 Å². The first-order chi connectivity index (χ1) is 13.3. The van der Waals surface area contributed by atoms with Gasteiger partial charge in [-0.05, 0) is 56.0 Å². The standard InChI is InChI=1S/C22H23ClN2O3/c1-12-8-13(2)19(14(3)9-12)20-18(26)10-15(21(20)27)4-6-25-22(28)17-11-16(23)5-7-24-17/h5,7-9,11,15,20H,4,6,10H2,1-3H3,(H,25,28)/t15-,20?/m0/s1. The molecule has 0 radical (unpaired) electrons. The Bertz CT molecular complexity index is 932. The smallest absolute Gasteiger partial charge is 0.269 e. The van der Waals surface area contributed by atoms with Crippen LogP contribution in [0.1, 0.15) is 51.5 Å². The molecule has 1 aliphatic rings. The molecule has 28 heavy (non-hydrogen) atoms. The van der Waals surface area contributed by atoms with E-state index in [9.17, 15) is 14.4 Å². The van der Waals surface area contributed by atoms with Crippen LogP contribution in [0.5, 0.6) is 0 Å². The zero-order valence-corrected chi connectivity index (χ0v) is 17.0. The Balaban J connectivity index is 1.65. The minimum absolute atomic E-state index is 0.0344. The van der Waals surface area contributed by atoms with Gasteiger partial charge in [-0.1, -0.05) is 29.3 Å². The van der Waals surface area contributed by atoms with Gasteiger partial charge in [0, 0.05) is 30.1 Å². The fourth-order valence-electron chi connectivity index (χ4n) is 4.03. The van der Waals surface area contributed by atoms with E-state index in [1.54, 1.807) is 6.07 Å². The van der Waals surface area contributed by atoms with Crippen LogP contribution in [0.2, 0.25) is 5.02 Å². The molecule has 6 heteroatoms. The molecule has 1 aliphatic carbocycles. The maximum Gasteiger partial charge on any atom is 0.269 e. The Labute approximate surface area is 169 Å². The number of carbonyl (C=O) groups is 3. The highest BCUT2D eigenvalue weighted by molar-refractivity contribution is 6.30. The predicted octanol–water partition coefficient (Wildman–Crippen LogP) is 3.72. The highest BCUT2D eigenvalue weighted by atomic mass is 35.5. The Morgan fingerprint density at radius 1 is 1.18 bits per heavy atom. The summed E-state index contributed by atoms with van der Waals surface area (Å²) >= 11 is 5.87. The van der Waals surface area contributed by atoms with Crippen molar-refractivity contribution in [2.75, 3.05) is 6.54 Å². The van der Waals surface area contributed by atoms with Gasteiger partial charge in [0.15, 0.2) is 5.78 Å². The van der Waals surface area contributed by atoms with E-state index in [1.807, 2.05) is 32.9 Å². The van der Waals surface area contributed by atoms with Crippen molar-refractivity contribution in [3.63, 3.8) is 0 Å². The molecule has 0 bridgehead atoms. The largest absolute Gasteiger partial charge is 0.351 e. The van der Waals surface area contributed by atoms with Gasteiger partial charge in [-0.3, -0.25) is 19.4 Å². The maximum atomic E-state index is 12.9. The van der Waals surface area contributed by atoms with E-state index in [1.165, 1.54) is 12.3 Å². The van der Waals surface area contributed by atoms with Crippen LogP contribution in [0.3, 0.4) is 0 Å². The summed E-state index contributed by atoms with van der Waals surface area (Å²) in [7, 11) is 0. The quantitative estimate of drug-likeness (QED) is 0.778. The number of amides is 1. The Morgan fingerprint density at radius 3 is 2.50 bits per heavy atom. The van der Waals surface area contributed by atoms with Gasteiger partial charge in [0.25, 0.3) is 5.91 Å². The first kappa shape index (κ1) is 20.2. The molecule has 1 aromatic heterocycles. The van der Waals surface area contributed by atoms with E-state index in [-0.39, 0.29) is 35.5 Å². The number of hydrogen-bond acceptors (Lipinski definition) is 4. The van der Waals surface area contributed by atoms with E-state index in [0.29, 0.717) is 18.0 Å². The van der Waals surface area contributed by atoms with Crippen molar-refractivity contribution in [3.8, 4) is 0 Å². The highest BCUT2D eigenvalue weighted by Crippen LogP contribution is 2.37. The first-order valence-corrected chi connectivity index (χ1v) is 9.69. The molecule has 1 saturated carbocycles. The summed E-state index contributed by atoms with van der Waals surface area (Å²) in [6.07, 6.45) is 2.12. The van der Waals surface area contributed by atoms with Crippen LogP contribution in [-0.2, 0) is 9.59 Å². The van der Waals surface area contributed by atoms with Crippen molar-refractivity contribution >= 4 is 29.1 Å². The molecule has 1 aromatic carbocycles. The minimum Gasteiger partial charge on any atom is -0.351 e. The Hall–Kier alpha value is -2.53. The molecular formula is C22H23ClN2O3. The molecule has 1 amide bonds. The molecular weight excluding hydrogens is 376 g/mol. The number of nitrogens with one attached hydrogen (secondary N) is 1. The third-order valence-corrected chi connectivity index (χ3v) is 5.45. The van der Waals surface area contributed by atoms with E-state index in [4.69, 9.17) is 11.6 Å². The van der Waals surface area contributed by atoms with Crippen LogP contribution in [0.15, 0.2) is 30.5 Å². The van der Waals surface area contributed by atoms with Gasteiger partial charge in [0.05, 0.1) is 0 Å². The first-order valence-electron chi connectivity index (χ1n) is 9.32. The van der Waals surface area contributed by atoms with Gasteiger partial charge < -0.3 is 5.32 Å². The predicted molar refractivity (Wildman–Crippen MR) is 108 cm³/mol. The lowest BCUT2D eigenvalue weighted by atomic mass is 9.86. The fraction of sp³-hybridized carbons (Fsp3) is 0.364. The monoisotopic (exact) mass is 398 g/mol. The Morgan fingerprint density at radius 2 is 1.86 bits per heavy atom. The SMILES string of the molecule is Cc1cc(C)c(C2C(=O)C[C@H](CCNC(=O)c3cc(Cl)ccn3)C2=O)c(C)c1. The van der Waals surface area contributed by atoms with E-state index in [0.717, 1.165) is 22.3 Å². The van der Waals surface area contributed by atoms with Gasteiger partial charge in [-0.15, -0.1) is 0 Å². The third kappa shape index (κ3) is 4.14. The van der Waals surface area contributed by atoms with E-state index >= 15 is 0 Å². The van der Waals surface area contributed by atoms with Crippen LogP contribution in [0.25, 0.3) is 0 Å². The van der Waals surface area contributed by atoms with Gasteiger partial charge >= 0.3 is 0 Å². The number of ketones is 2. The van der Waals surface area contributed by atoms with Crippen LogP contribution in [0.4, 0.5) is 0 Å². The fourth-order valence-corrected chi connectivity index (χ4v) is 4.19. The summed E-state index contributed by atoms with van der Waals surface area (Å²) in [6.45, 7) is 6.19. The number of aryl methyl sites for hydroxylation is 3. The maximum absolute atomic E-state index is 12.9. The second-order valence-electron chi connectivity index (χ2n) is 7.42. The Kier molecular flexibility index (Phi) is 5.94. The van der Waals surface area contributed by atoms with Crippen LogP contribution in [0, 0.1) is 26.7 Å². The summed E-state index contributed by atoms with van der Waals surface area (Å²) < 4.78 is 0. The molecule has 1 N–H and O–H groups in total. The highest BCUT2D eigenvalue weighted by Gasteiger charge is 2.42. The van der Waals surface area contributed by atoms with E-state index in [2.05, 4.69) is 10.3 Å². The molecule has 146 valence electrons. The number of benzene rings is 1. The molecule has 0 saturated heterocycles. The number of hydrogen-bond donors (Lipinski definition) is 1. The van der Waals surface area contributed by atoms with Crippen molar-refractivity contribution in [1.82, 2.24) is 10.3 Å². The number of halogens is 1. The zero-order chi connectivity index (χ0) is 20.4. The van der Waals surface area contributed by atoms with Crippen molar-refractivity contribution in [3.05, 3.63) is 63.4 Å². The number of Topliss-reactive ketones (excluding diaryl/α,β-unsaturated/α-hetero) is 2. The molecule has 0 aliphatic heterocycles.